The number of amides is 1. The number of benzene rings is 3. The zero-order chi connectivity index (χ0) is 30.9. The third-order valence-electron chi connectivity index (χ3n) is 7.68. The van der Waals surface area contributed by atoms with Crippen molar-refractivity contribution in [2.45, 2.75) is 63.0 Å². The number of carboxylic acid groups (broad SMARTS) is 1. The number of aliphatic hydroxyl groups is 1. The van der Waals surface area contributed by atoms with Crippen LogP contribution in [0.2, 0.25) is 0 Å². The first kappa shape index (κ1) is 31.4. The lowest BCUT2D eigenvalue weighted by Crippen LogP contribution is -2.38. The monoisotopic (exact) mass is 616 g/mol. The quantitative estimate of drug-likeness (QED) is 0.145. The summed E-state index contributed by atoms with van der Waals surface area (Å²) in [5, 5.41) is 28.8. The van der Waals surface area contributed by atoms with Crippen LogP contribution in [-0.2, 0) is 32.2 Å². The van der Waals surface area contributed by atoms with Gasteiger partial charge in [0.05, 0.1) is 18.8 Å². The molecule has 0 bridgehead atoms. The molecule has 5 rings (SSSR count). The average molecular weight is 617 g/mol. The molecule has 11 heteroatoms. The number of nitrogens with zero attached hydrogens (tertiary/aromatic N) is 2. The van der Waals surface area contributed by atoms with Crippen molar-refractivity contribution in [2.75, 3.05) is 5.75 Å². The predicted octanol–water partition coefficient (Wildman–Crippen LogP) is 5.42. The van der Waals surface area contributed by atoms with E-state index in [9.17, 15) is 14.7 Å². The second-order valence-electron chi connectivity index (χ2n) is 10.7. The predicted molar refractivity (Wildman–Crippen MR) is 165 cm³/mol. The number of hydrogen-bond donors (Lipinski definition) is 4. The number of carboxylic acids is 1. The van der Waals surface area contributed by atoms with Crippen LogP contribution in [0.15, 0.2) is 84.3 Å². The summed E-state index contributed by atoms with van der Waals surface area (Å²) in [4.78, 5) is 27.2. The molecule has 0 saturated carbocycles. The fourth-order valence-corrected chi connectivity index (χ4v) is 6.14. The largest absolute Gasteiger partial charge is 0.481 e. The first-order chi connectivity index (χ1) is 21.4. The Balaban J connectivity index is 1.31. The van der Waals surface area contributed by atoms with E-state index in [0.717, 1.165) is 38.5 Å². The van der Waals surface area contributed by atoms with Crippen LogP contribution in [0.1, 0.15) is 60.8 Å². The highest BCUT2D eigenvalue weighted by Crippen LogP contribution is 2.43. The van der Waals surface area contributed by atoms with Crippen molar-refractivity contribution in [3.05, 3.63) is 101 Å². The van der Waals surface area contributed by atoms with E-state index in [0.29, 0.717) is 18.7 Å². The minimum atomic E-state index is -0.904. The molecule has 0 aliphatic carbocycles. The molecule has 1 saturated heterocycles. The summed E-state index contributed by atoms with van der Waals surface area (Å²) in [6.07, 6.45) is 0.995. The van der Waals surface area contributed by atoms with E-state index in [2.05, 4.69) is 27.4 Å². The van der Waals surface area contributed by atoms with Gasteiger partial charge >= 0.3 is 5.97 Å². The molecule has 3 aromatic carbocycles. The molecule has 0 spiro atoms. The van der Waals surface area contributed by atoms with E-state index in [1.54, 1.807) is 11.8 Å². The second-order valence-corrected chi connectivity index (χ2v) is 11.7. The second kappa shape index (κ2) is 15.1. The number of rotatable bonds is 13. The first-order valence-electron chi connectivity index (χ1n) is 14.6. The molecule has 230 valence electrons. The Morgan fingerprint density at radius 3 is 2.43 bits per heavy atom. The van der Waals surface area contributed by atoms with Gasteiger partial charge in [0.15, 0.2) is 11.4 Å². The van der Waals surface area contributed by atoms with Crippen molar-refractivity contribution in [2.24, 2.45) is 5.92 Å². The third-order valence-corrected chi connectivity index (χ3v) is 8.65. The van der Waals surface area contributed by atoms with Gasteiger partial charge in [-0.1, -0.05) is 91.5 Å². The van der Waals surface area contributed by atoms with E-state index in [-0.39, 0.29) is 43.5 Å². The molecular weight excluding hydrogens is 580 g/mol. The number of ether oxygens (including phenoxy) is 2. The highest BCUT2D eigenvalue weighted by molar-refractivity contribution is 7.99. The Bertz CT molecular complexity index is 1510. The van der Waals surface area contributed by atoms with Crippen LogP contribution >= 0.6 is 11.8 Å². The molecule has 1 aliphatic heterocycles. The highest BCUT2D eigenvalue weighted by Gasteiger charge is 2.38. The number of carbonyl (C=O) groups is 2. The molecule has 1 aromatic heterocycles. The summed E-state index contributed by atoms with van der Waals surface area (Å²) < 4.78 is 13.1. The van der Waals surface area contributed by atoms with Crippen molar-refractivity contribution in [3.8, 4) is 11.1 Å². The molecule has 2 heterocycles. The van der Waals surface area contributed by atoms with Crippen LogP contribution in [0, 0.1) is 5.92 Å². The highest BCUT2D eigenvalue weighted by atomic mass is 32.2. The van der Waals surface area contributed by atoms with Crippen LogP contribution in [0.3, 0.4) is 0 Å². The van der Waals surface area contributed by atoms with Gasteiger partial charge in [0.2, 0.25) is 5.91 Å². The van der Waals surface area contributed by atoms with Crippen molar-refractivity contribution in [1.82, 2.24) is 20.5 Å². The standard InChI is InChI=1S/C33H36N4O6S/c1-21-28(19-44-33-35-20-36-37-33)42-32(43-31(21)24-11-9-22(18-38)10-12-24)25-15-13-23(14-16-25)27-6-3-2-5-26(27)17-34-29(39)7-4-8-30(40)41/h2-3,5-6,9-16,20-21,28,31-32,38H,4,7-8,17-19H2,1H3,(H,34,39)(H,40,41)(H,35,36,37)/t21-,28+,31+,32+/m1/s1. The number of nitrogens with one attached hydrogen (secondary N) is 2. The number of aliphatic carboxylic acids is 1. The van der Waals surface area contributed by atoms with Crippen LogP contribution in [0.4, 0.5) is 0 Å². The third kappa shape index (κ3) is 8.11. The molecule has 1 aliphatic rings. The molecule has 4 aromatic rings. The number of aliphatic hydroxyl groups excluding tert-OH is 1. The van der Waals surface area contributed by atoms with E-state index in [1.807, 2.05) is 72.8 Å². The zero-order valence-electron chi connectivity index (χ0n) is 24.4. The minimum absolute atomic E-state index is 0.0157. The van der Waals surface area contributed by atoms with Gasteiger partial charge in [-0.25, -0.2) is 4.98 Å². The number of thioether (sulfide) groups is 1. The summed E-state index contributed by atoms with van der Waals surface area (Å²) >= 11 is 1.55. The number of aromatic nitrogens is 3. The molecule has 1 amide bonds. The molecular formula is C33H36N4O6S. The van der Waals surface area contributed by atoms with E-state index < -0.39 is 12.3 Å². The SMILES string of the molecule is C[C@@H]1[C@H](CSc2ncn[nH]2)O[C@H](c2ccc(-c3ccccc3CNC(=O)CCCC(=O)O)cc2)O[C@@H]1c1ccc(CO)cc1. The molecule has 4 N–H and O–H groups in total. The molecule has 4 atom stereocenters. The van der Waals surface area contributed by atoms with Crippen LogP contribution in [-0.4, -0.2) is 49.1 Å². The Labute approximate surface area is 260 Å². The molecule has 10 nitrogen and oxygen atoms in total. The van der Waals surface area contributed by atoms with Gasteiger partial charge in [-0.15, -0.1) is 0 Å². The van der Waals surface area contributed by atoms with Crippen molar-refractivity contribution >= 4 is 23.6 Å². The summed E-state index contributed by atoms with van der Waals surface area (Å²) in [6, 6.07) is 23.8. The molecule has 44 heavy (non-hydrogen) atoms. The smallest absolute Gasteiger partial charge is 0.303 e. The summed E-state index contributed by atoms with van der Waals surface area (Å²) in [5.41, 5.74) is 5.69. The van der Waals surface area contributed by atoms with Gasteiger partial charge < -0.3 is 25.0 Å². The Morgan fingerprint density at radius 1 is 0.977 bits per heavy atom. The Hall–Kier alpha value is -4.03. The van der Waals surface area contributed by atoms with E-state index in [4.69, 9.17) is 14.6 Å². The van der Waals surface area contributed by atoms with Gasteiger partial charge in [0.25, 0.3) is 0 Å². The van der Waals surface area contributed by atoms with Crippen LogP contribution < -0.4 is 5.32 Å². The summed E-state index contributed by atoms with van der Waals surface area (Å²) in [6.45, 7) is 2.45. The fourth-order valence-electron chi connectivity index (χ4n) is 5.19. The maximum Gasteiger partial charge on any atom is 0.303 e. The maximum absolute atomic E-state index is 12.2. The minimum Gasteiger partial charge on any atom is -0.481 e. The number of carbonyl (C=O) groups excluding carboxylic acids is 1. The molecule has 1 fully saturated rings. The van der Waals surface area contributed by atoms with Gasteiger partial charge in [-0.05, 0) is 34.2 Å². The number of aromatic amines is 1. The summed E-state index contributed by atoms with van der Waals surface area (Å²) in [7, 11) is 0. The van der Waals surface area contributed by atoms with Crippen molar-refractivity contribution in [1.29, 1.82) is 0 Å². The Kier molecular flexibility index (Phi) is 10.8. The average Bonchev–Trinajstić information content (AvgIpc) is 3.57. The fraction of sp³-hybridized carbons (Fsp3) is 0.333. The van der Waals surface area contributed by atoms with Crippen molar-refractivity contribution < 1.29 is 29.3 Å². The number of H-pyrrole nitrogens is 1. The van der Waals surface area contributed by atoms with Crippen LogP contribution in [0.25, 0.3) is 11.1 Å². The molecule has 0 unspecified atom stereocenters. The summed E-state index contributed by atoms with van der Waals surface area (Å²) in [5.74, 6) is -0.367. The lowest BCUT2D eigenvalue weighted by atomic mass is 9.91. The van der Waals surface area contributed by atoms with Gasteiger partial charge in [-0.2, -0.15) is 5.10 Å². The van der Waals surface area contributed by atoms with Gasteiger partial charge in [0.1, 0.15) is 6.33 Å². The van der Waals surface area contributed by atoms with Gasteiger partial charge in [-0.3, -0.25) is 14.7 Å². The van der Waals surface area contributed by atoms with Gasteiger partial charge in [0, 0.05) is 36.6 Å². The van der Waals surface area contributed by atoms with Crippen molar-refractivity contribution in [3.63, 3.8) is 0 Å². The maximum atomic E-state index is 12.2. The lowest BCUT2D eigenvalue weighted by Gasteiger charge is -2.41. The lowest BCUT2D eigenvalue weighted by molar-refractivity contribution is -0.268. The Morgan fingerprint density at radius 2 is 1.73 bits per heavy atom. The number of hydrogen-bond acceptors (Lipinski definition) is 8. The zero-order valence-corrected chi connectivity index (χ0v) is 25.2. The molecule has 0 radical (unpaired) electrons. The van der Waals surface area contributed by atoms with E-state index in [1.165, 1.54) is 6.33 Å². The first-order valence-corrected chi connectivity index (χ1v) is 15.6. The van der Waals surface area contributed by atoms with Crippen LogP contribution in [0.5, 0.6) is 0 Å². The van der Waals surface area contributed by atoms with E-state index >= 15 is 0 Å². The topological polar surface area (TPSA) is 147 Å². The normalized spacial score (nSPS) is 19.9.